The number of hydrogen-bond donors (Lipinski definition) is 1. The third kappa shape index (κ3) is 2.36. The number of H-pyrrole nitrogens is 1. The van der Waals surface area contributed by atoms with Gasteiger partial charge in [0.25, 0.3) is 0 Å². The molecule has 0 radical (unpaired) electrons. The molecule has 4 aromatic rings. The summed E-state index contributed by atoms with van der Waals surface area (Å²) in [5.74, 6) is 1.70. The van der Waals surface area contributed by atoms with Crippen LogP contribution in [0.25, 0.3) is 21.8 Å². The molecule has 0 atom stereocenters. The summed E-state index contributed by atoms with van der Waals surface area (Å²) in [6, 6.07) is 16.2. The Kier molecular flexibility index (Phi) is 3.05. The van der Waals surface area contributed by atoms with Crippen LogP contribution in [0.2, 0.25) is 0 Å². The Morgan fingerprint density at radius 3 is 2.81 bits per heavy atom. The van der Waals surface area contributed by atoms with Crippen LogP contribution >= 0.6 is 11.8 Å². The molecule has 0 fully saturated rings. The predicted octanol–water partition coefficient (Wildman–Crippen LogP) is 3.80. The van der Waals surface area contributed by atoms with Crippen molar-refractivity contribution in [1.82, 2.24) is 20.2 Å². The molecule has 0 aliphatic heterocycles. The molecular weight excluding hydrogens is 280 g/mol. The topological polar surface area (TPSA) is 54.5 Å². The van der Waals surface area contributed by atoms with Crippen LogP contribution in [0.1, 0.15) is 5.82 Å². The molecule has 4 nitrogen and oxygen atoms in total. The first-order valence-electron chi connectivity index (χ1n) is 6.67. The number of thioether (sulfide) groups is 1. The van der Waals surface area contributed by atoms with Gasteiger partial charge in [0.05, 0.1) is 23.0 Å². The molecule has 2 aromatic heterocycles. The van der Waals surface area contributed by atoms with Gasteiger partial charge in [-0.25, -0.2) is 4.98 Å². The van der Waals surface area contributed by atoms with E-state index in [-0.39, 0.29) is 0 Å². The number of imidazole rings is 1. The Bertz CT molecular complexity index is 878. The van der Waals surface area contributed by atoms with Gasteiger partial charge in [-0.05, 0) is 12.1 Å². The van der Waals surface area contributed by atoms with Crippen LogP contribution in [0.15, 0.2) is 59.8 Å². The van der Waals surface area contributed by atoms with Crippen LogP contribution in [-0.2, 0) is 5.75 Å². The summed E-state index contributed by atoms with van der Waals surface area (Å²) in [6.45, 7) is 0. The van der Waals surface area contributed by atoms with Crippen molar-refractivity contribution in [3.8, 4) is 0 Å². The van der Waals surface area contributed by atoms with E-state index in [1.54, 1.807) is 18.0 Å². The molecule has 5 heteroatoms. The van der Waals surface area contributed by atoms with Gasteiger partial charge in [0.2, 0.25) is 0 Å². The zero-order valence-corrected chi connectivity index (χ0v) is 12.0. The average Bonchev–Trinajstić information content (AvgIpc) is 2.96. The molecule has 2 aromatic carbocycles. The highest BCUT2D eigenvalue weighted by Gasteiger charge is 2.07. The number of rotatable bonds is 3. The fourth-order valence-electron chi connectivity index (χ4n) is 2.32. The third-order valence-electron chi connectivity index (χ3n) is 3.32. The molecule has 4 rings (SSSR count). The van der Waals surface area contributed by atoms with E-state index >= 15 is 0 Å². The van der Waals surface area contributed by atoms with Crippen molar-refractivity contribution in [3.05, 3.63) is 60.6 Å². The molecule has 102 valence electrons. The summed E-state index contributed by atoms with van der Waals surface area (Å²) >= 11 is 1.65. The highest BCUT2D eigenvalue weighted by atomic mass is 32.2. The van der Waals surface area contributed by atoms with Crippen LogP contribution in [0.4, 0.5) is 0 Å². The first kappa shape index (κ1) is 12.3. The van der Waals surface area contributed by atoms with Crippen molar-refractivity contribution in [2.75, 3.05) is 0 Å². The quantitative estimate of drug-likeness (QED) is 0.584. The summed E-state index contributed by atoms with van der Waals surface area (Å²) in [6.07, 6.45) is 1.79. The maximum Gasteiger partial charge on any atom is 0.127 e. The zero-order chi connectivity index (χ0) is 14.1. The standard InChI is InChI=1S/C16H12N4S/c1-2-6-12-11(5-1)9-17-20-16(12)21-10-15-18-13-7-3-4-8-14(13)19-15/h1-9H,10H2,(H,18,19). The van der Waals surface area contributed by atoms with E-state index in [0.717, 1.165) is 38.4 Å². The number of para-hydroxylation sites is 2. The van der Waals surface area contributed by atoms with Gasteiger partial charge in [0.15, 0.2) is 0 Å². The summed E-state index contributed by atoms with van der Waals surface area (Å²) in [7, 11) is 0. The van der Waals surface area contributed by atoms with Crippen molar-refractivity contribution >= 4 is 33.6 Å². The molecule has 0 saturated carbocycles. The van der Waals surface area contributed by atoms with Gasteiger partial charge < -0.3 is 4.98 Å². The molecule has 0 amide bonds. The number of fused-ring (bicyclic) bond motifs is 2. The van der Waals surface area contributed by atoms with Gasteiger partial charge in [-0.15, -0.1) is 5.10 Å². The van der Waals surface area contributed by atoms with E-state index in [0.29, 0.717) is 0 Å². The minimum absolute atomic E-state index is 0.747. The van der Waals surface area contributed by atoms with Gasteiger partial charge >= 0.3 is 0 Å². The Labute approximate surface area is 125 Å². The second kappa shape index (κ2) is 5.18. The smallest absolute Gasteiger partial charge is 0.127 e. The molecule has 0 aliphatic rings. The lowest BCUT2D eigenvalue weighted by atomic mass is 10.2. The Hall–Kier alpha value is -2.40. The average molecular weight is 292 g/mol. The normalized spacial score (nSPS) is 11.2. The molecule has 0 spiro atoms. The second-order valence-corrected chi connectivity index (χ2v) is 5.69. The molecule has 0 bridgehead atoms. The van der Waals surface area contributed by atoms with Crippen molar-refractivity contribution in [3.63, 3.8) is 0 Å². The van der Waals surface area contributed by atoms with Crippen molar-refractivity contribution < 1.29 is 0 Å². The van der Waals surface area contributed by atoms with Gasteiger partial charge in [-0.2, -0.15) is 5.10 Å². The van der Waals surface area contributed by atoms with Gasteiger partial charge in [-0.1, -0.05) is 48.2 Å². The van der Waals surface area contributed by atoms with Crippen LogP contribution in [0, 0.1) is 0 Å². The number of nitrogens with zero attached hydrogens (tertiary/aromatic N) is 3. The lowest BCUT2D eigenvalue weighted by Gasteiger charge is -2.02. The first-order chi connectivity index (χ1) is 10.4. The lowest BCUT2D eigenvalue weighted by Crippen LogP contribution is -1.89. The van der Waals surface area contributed by atoms with E-state index < -0.39 is 0 Å². The summed E-state index contributed by atoms with van der Waals surface area (Å²) in [5, 5.41) is 11.5. The van der Waals surface area contributed by atoms with Crippen LogP contribution in [-0.4, -0.2) is 20.2 Å². The first-order valence-corrected chi connectivity index (χ1v) is 7.65. The van der Waals surface area contributed by atoms with Crippen LogP contribution < -0.4 is 0 Å². The number of benzene rings is 2. The van der Waals surface area contributed by atoms with Crippen molar-refractivity contribution in [2.45, 2.75) is 10.8 Å². The molecule has 0 aliphatic carbocycles. The molecule has 0 saturated heterocycles. The monoisotopic (exact) mass is 292 g/mol. The fraction of sp³-hybridized carbons (Fsp3) is 0.0625. The van der Waals surface area contributed by atoms with E-state index in [2.05, 4.69) is 32.3 Å². The Balaban J connectivity index is 1.63. The van der Waals surface area contributed by atoms with E-state index in [9.17, 15) is 0 Å². The van der Waals surface area contributed by atoms with Gasteiger partial charge in [-0.3, -0.25) is 0 Å². The minimum Gasteiger partial charge on any atom is -0.341 e. The maximum absolute atomic E-state index is 4.58. The zero-order valence-electron chi connectivity index (χ0n) is 11.2. The summed E-state index contributed by atoms with van der Waals surface area (Å²) < 4.78 is 0. The number of hydrogen-bond acceptors (Lipinski definition) is 4. The predicted molar refractivity (Wildman–Crippen MR) is 85.2 cm³/mol. The van der Waals surface area contributed by atoms with Crippen molar-refractivity contribution in [1.29, 1.82) is 0 Å². The second-order valence-electron chi connectivity index (χ2n) is 4.73. The van der Waals surface area contributed by atoms with E-state index in [1.807, 2.05) is 36.4 Å². The Morgan fingerprint density at radius 2 is 1.86 bits per heavy atom. The fourth-order valence-corrected chi connectivity index (χ4v) is 3.18. The molecule has 21 heavy (non-hydrogen) atoms. The lowest BCUT2D eigenvalue weighted by molar-refractivity contribution is 0.954. The SMILES string of the molecule is c1ccc2c(SCc3nc4ccccc4[nH]3)nncc2c1. The molecule has 1 N–H and O–H groups in total. The third-order valence-corrected chi connectivity index (χ3v) is 4.31. The Morgan fingerprint density at radius 1 is 1.00 bits per heavy atom. The van der Waals surface area contributed by atoms with Gasteiger partial charge in [0.1, 0.15) is 10.9 Å². The minimum atomic E-state index is 0.747. The highest BCUT2D eigenvalue weighted by Crippen LogP contribution is 2.27. The molecule has 0 unspecified atom stereocenters. The van der Waals surface area contributed by atoms with Crippen molar-refractivity contribution in [2.24, 2.45) is 0 Å². The highest BCUT2D eigenvalue weighted by molar-refractivity contribution is 7.98. The molecule has 2 heterocycles. The van der Waals surface area contributed by atoms with Gasteiger partial charge in [0, 0.05) is 10.8 Å². The molecular formula is C16H12N4S. The number of aromatic nitrogens is 4. The van der Waals surface area contributed by atoms with E-state index in [1.165, 1.54) is 0 Å². The number of nitrogens with one attached hydrogen (secondary N) is 1. The van der Waals surface area contributed by atoms with E-state index in [4.69, 9.17) is 0 Å². The maximum atomic E-state index is 4.58. The summed E-state index contributed by atoms with van der Waals surface area (Å²) in [5.41, 5.74) is 2.06. The largest absolute Gasteiger partial charge is 0.341 e. The summed E-state index contributed by atoms with van der Waals surface area (Å²) in [4.78, 5) is 7.92. The van der Waals surface area contributed by atoms with Crippen LogP contribution in [0.5, 0.6) is 0 Å². The number of aromatic amines is 1. The van der Waals surface area contributed by atoms with Crippen LogP contribution in [0.3, 0.4) is 0 Å².